The van der Waals surface area contributed by atoms with Gasteiger partial charge in [-0.15, -0.1) is 11.8 Å². The van der Waals surface area contributed by atoms with Crippen LogP contribution in [0.15, 0.2) is 0 Å². The molecule has 0 aromatic heterocycles. The lowest BCUT2D eigenvalue weighted by atomic mass is 9.93. The molecule has 2 unspecified atom stereocenters. The average Bonchev–Trinajstić information content (AvgIpc) is 2.44. The van der Waals surface area contributed by atoms with Gasteiger partial charge in [-0.05, 0) is 11.2 Å². The average molecular weight is 160 g/mol. The maximum atomic E-state index is 5.48. The van der Waals surface area contributed by atoms with Gasteiger partial charge < -0.3 is 4.74 Å². The Balaban J connectivity index is 2.25. The highest BCUT2D eigenvalue weighted by molar-refractivity contribution is 8.00. The molecule has 0 N–H and O–H groups in total. The van der Waals surface area contributed by atoms with Gasteiger partial charge in [-0.1, -0.05) is 27.7 Å². The second-order valence-corrected chi connectivity index (χ2v) is 5.12. The first-order chi connectivity index (χ1) is 4.55. The van der Waals surface area contributed by atoms with Gasteiger partial charge in [0.2, 0.25) is 0 Å². The summed E-state index contributed by atoms with van der Waals surface area (Å²) >= 11 is 1.91. The summed E-state index contributed by atoms with van der Waals surface area (Å²) in [5, 5.41) is 0. The summed E-state index contributed by atoms with van der Waals surface area (Å²) in [6.07, 6.45) is 0.498. The van der Waals surface area contributed by atoms with Gasteiger partial charge in [0.25, 0.3) is 0 Å². The molecule has 1 aliphatic heterocycles. The Labute approximate surface area is 67.5 Å². The Morgan fingerprint density at radius 3 is 2.30 bits per heavy atom. The number of rotatable bonds is 2. The summed E-state index contributed by atoms with van der Waals surface area (Å²) in [4.78, 5) is 0. The molecule has 60 valence electrons. The Morgan fingerprint density at radius 2 is 2.00 bits per heavy atom. The molecule has 2 heteroatoms. The van der Waals surface area contributed by atoms with Crippen LogP contribution in [0, 0.1) is 5.41 Å². The van der Waals surface area contributed by atoms with E-state index < -0.39 is 0 Å². The third kappa shape index (κ3) is 1.89. The van der Waals surface area contributed by atoms with Crippen molar-refractivity contribution >= 4 is 11.8 Å². The number of ether oxygens (including phenoxy) is 1. The molecule has 10 heavy (non-hydrogen) atoms. The Bertz CT molecular complexity index is 117. The van der Waals surface area contributed by atoms with E-state index in [-0.39, 0.29) is 0 Å². The lowest BCUT2D eigenvalue weighted by Gasteiger charge is -2.13. The standard InChI is InChI=1S/C8H16OS/c1-5-10-7-6(9-7)8(2,3)4/h6-7H,5H2,1-4H3. The van der Waals surface area contributed by atoms with Gasteiger partial charge in [0.1, 0.15) is 5.44 Å². The molecular weight excluding hydrogens is 144 g/mol. The minimum atomic E-state index is 0.340. The van der Waals surface area contributed by atoms with E-state index in [9.17, 15) is 0 Å². The summed E-state index contributed by atoms with van der Waals surface area (Å²) in [6, 6.07) is 0. The zero-order chi connectivity index (χ0) is 7.78. The fourth-order valence-electron chi connectivity index (χ4n) is 1.00. The number of thioether (sulfide) groups is 1. The molecule has 1 rings (SSSR count). The van der Waals surface area contributed by atoms with Crippen molar-refractivity contribution in [3.63, 3.8) is 0 Å². The van der Waals surface area contributed by atoms with E-state index in [0.717, 1.165) is 5.75 Å². The zero-order valence-corrected chi connectivity index (χ0v) is 7.99. The van der Waals surface area contributed by atoms with Gasteiger partial charge in [-0.2, -0.15) is 0 Å². The molecule has 1 aliphatic rings. The van der Waals surface area contributed by atoms with Crippen LogP contribution >= 0.6 is 11.8 Å². The first kappa shape index (κ1) is 8.41. The van der Waals surface area contributed by atoms with Crippen LogP contribution in [0.2, 0.25) is 0 Å². The van der Waals surface area contributed by atoms with Crippen molar-refractivity contribution < 1.29 is 4.74 Å². The maximum Gasteiger partial charge on any atom is 0.130 e. The molecular formula is C8H16OS. The van der Waals surface area contributed by atoms with Crippen molar-refractivity contribution in [2.75, 3.05) is 5.75 Å². The molecule has 0 amide bonds. The monoisotopic (exact) mass is 160 g/mol. The minimum absolute atomic E-state index is 0.340. The second kappa shape index (κ2) is 2.74. The van der Waals surface area contributed by atoms with Crippen LogP contribution in [-0.2, 0) is 4.74 Å². The fourth-order valence-corrected chi connectivity index (χ4v) is 2.11. The molecule has 0 aromatic carbocycles. The quantitative estimate of drug-likeness (QED) is 0.575. The Morgan fingerprint density at radius 1 is 1.40 bits per heavy atom. The molecule has 1 heterocycles. The van der Waals surface area contributed by atoms with E-state index in [1.807, 2.05) is 11.8 Å². The number of hydrogen-bond acceptors (Lipinski definition) is 2. The summed E-state index contributed by atoms with van der Waals surface area (Å²) in [5.41, 5.74) is 0.831. The SMILES string of the molecule is CCSC1OC1C(C)(C)C. The summed E-state index contributed by atoms with van der Waals surface area (Å²) in [6.45, 7) is 8.86. The highest BCUT2D eigenvalue weighted by Crippen LogP contribution is 2.43. The topological polar surface area (TPSA) is 12.5 Å². The zero-order valence-electron chi connectivity index (χ0n) is 7.18. The van der Waals surface area contributed by atoms with E-state index in [1.165, 1.54) is 0 Å². The van der Waals surface area contributed by atoms with Crippen molar-refractivity contribution in [2.24, 2.45) is 5.41 Å². The molecule has 0 aromatic rings. The van der Waals surface area contributed by atoms with Gasteiger partial charge in [-0.3, -0.25) is 0 Å². The van der Waals surface area contributed by atoms with Crippen molar-refractivity contribution in [1.29, 1.82) is 0 Å². The smallest absolute Gasteiger partial charge is 0.130 e. The lowest BCUT2D eigenvalue weighted by molar-refractivity contribution is 0.265. The van der Waals surface area contributed by atoms with E-state index in [2.05, 4.69) is 27.7 Å². The van der Waals surface area contributed by atoms with E-state index in [0.29, 0.717) is 17.0 Å². The minimum Gasteiger partial charge on any atom is -0.357 e. The Hall–Kier alpha value is 0.310. The van der Waals surface area contributed by atoms with Crippen LogP contribution in [0.4, 0.5) is 0 Å². The first-order valence-electron chi connectivity index (χ1n) is 3.82. The van der Waals surface area contributed by atoms with Crippen LogP contribution < -0.4 is 0 Å². The first-order valence-corrected chi connectivity index (χ1v) is 4.87. The molecule has 0 aliphatic carbocycles. The molecule has 2 atom stereocenters. The van der Waals surface area contributed by atoms with Crippen LogP contribution in [0.3, 0.4) is 0 Å². The highest BCUT2D eigenvalue weighted by atomic mass is 32.2. The van der Waals surface area contributed by atoms with Gasteiger partial charge in [0.05, 0.1) is 6.10 Å². The molecule has 1 saturated heterocycles. The number of hydrogen-bond donors (Lipinski definition) is 0. The molecule has 1 fully saturated rings. The van der Waals surface area contributed by atoms with E-state index >= 15 is 0 Å². The van der Waals surface area contributed by atoms with Crippen LogP contribution in [0.25, 0.3) is 0 Å². The summed E-state index contributed by atoms with van der Waals surface area (Å²) in [5.74, 6) is 1.16. The third-order valence-corrected chi connectivity index (χ3v) is 2.66. The van der Waals surface area contributed by atoms with Gasteiger partial charge in [-0.25, -0.2) is 0 Å². The number of epoxide rings is 1. The van der Waals surface area contributed by atoms with Crippen molar-refractivity contribution in [3.05, 3.63) is 0 Å². The van der Waals surface area contributed by atoms with Crippen molar-refractivity contribution in [1.82, 2.24) is 0 Å². The molecule has 0 spiro atoms. The predicted molar refractivity (Wildman–Crippen MR) is 46.2 cm³/mol. The maximum absolute atomic E-state index is 5.48. The third-order valence-electron chi connectivity index (χ3n) is 1.64. The normalized spacial score (nSPS) is 32.4. The van der Waals surface area contributed by atoms with Crippen molar-refractivity contribution in [3.8, 4) is 0 Å². The van der Waals surface area contributed by atoms with Gasteiger partial charge in [0.15, 0.2) is 0 Å². The van der Waals surface area contributed by atoms with Crippen LogP contribution in [-0.4, -0.2) is 17.3 Å². The fraction of sp³-hybridized carbons (Fsp3) is 1.00. The predicted octanol–water partition coefficient (Wildman–Crippen LogP) is 2.51. The van der Waals surface area contributed by atoms with E-state index in [1.54, 1.807) is 0 Å². The van der Waals surface area contributed by atoms with Gasteiger partial charge in [0, 0.05) is 0 Å². The summed E-state index contributed by atoms with van der Waals surface area (Å²) < 4.78 is 5.48. The molecule has 0 bridgehead atoms. The second-order valence-electron chi connectivity index (χ2n) is 3.75. The van der Waals surface area contributed by atoms with Crippen molar-refractivity contribution in [2.45, 2.75) is 39.2 Å². The van der Waals surface area contributed by atoms with E-state index in [4.69, 9.17) is 4.74 Å². The summed E-state index contributed by atoms with van der Waals surface area (Å²) in [7, 11) is 0. The van der Waals surface area contributed by atoms with Crippen LogP contribution in [0.1, 0.15) is 27.7 Å². The lowest BCUT2D eigenvalue weighted by Crippen LogP contribution is -2.15. The molecule has 1 nitrogen and oxygen atoms in total. The Kier molecular flexibility index (Phi) is 2.31. The molecule has 0 radical (unpaired) electrons. The largest absolute Gasteiger partial charge is 0.357 e. The highest BCUT2D eigenvalue weighted by Gasteiger charge is 2.46. The molecule has 0 saturated carbocycles. The van der Waals surface area contributed by atoms with Crippen LogP contribution in [0.5, 0.6) is 0 Å². The van der Waals surface area contributed by atoms with Gasteiger partial charge >= 0.3 is 0 Å².